The predicted molar refractivity (Wildman–Crippen MR) is 148 cm³/mol. The molecular formula is C21H16Br5O8P. The second-order valence-corrected chi connectivity index (χ2v) is 11.6. The van der Waals surface area contributed by atoms with Crippen LogP contribution < -0.4 is 4.52 Å². The molecule has 0 saturated heterocycles. The van der Waals surface area contributed by atoms with E-state index in [-0.39, 0.29) is 30.3 Å². The Morgan fingerprint density at radius 1 is 0.943 bits per heavy atom. The quantitative estimate of drug-likeness (QED) is 0.0495. The third-order valence-corrected chi connectivity index (χ3v) is 10.8. The van der Waals surface area contributed by atoms with Gasteiger partial charge in [-0.15, -0.1) is 0 Å². The highest BCUT2D eigenvalue weighted by atomic mass is 79.9. The Morgan fingerprint density at radius 3 is 2.00 bits per heavy atom. The first kappa shape index (κ1) is 30.3. The first-order valence-electron chi connectivity index (χ1n) is 9.35. The highest BCUT2D eigenvalue weighted by molar-refractivity contribution is 9.15. The van der Waals surface area contributed by atoms with Crippen molar-refractivity contribution in [1.82, 2.24) is 0 Å². The molecule has 0 heterocycles. The fourth-order valence-corrected chi connectivity index (χ4v) is 6.72. The molecule has 2 aromatic carbocycles. The molecule has 2 aromatic rings. The van der Waals surface area contributed by atoms with Crippen LogP contribution in [0.2, 0.25) is 0 Å². The van der Waals surface area contributed by atoms with Gasteiger partial charge in [0.05, 0.1) is 23.5 Å². The van der Waals surface area contributed by atoms with Gasteiger partial charge in [-0.05, 0) is 86.6 Å². The van der Waals surface area contributed by atoms with Crippen molar-refractivity contribution in [2.24, 2.45) is 0 Å². The molecule has 14 heteroatoms. The number of phosphoric acid groups is 1. The second-order valence-electron chi connectivity index (χ2n) is 6.38. The number of carbonyl (C=O) groups is 2. The molecule has 35 heavy (non-hydrogen) atoms. The van der Waals surface area contributed by atoms with Crippen molar-refractivity contribution in [3.05, 3.63) is 76.5 Å². The summed E-state index contributed by atoms with van der Waals surface area (Å²) in [5, 5.41) is 0. The van der Waals surface area contributed by atoms with Crippen LogP contribution in [-0.4, -0.2) is 30.0 Å². The van der Waals surface area contributed by atoms with E-state index < -0.39 is 19.8 Å². The van der Waals surface area contributed by atoms with E-state index in [9.17, 15) is 19.0 Å². The van der Waals surface area contributed by atoms with Gasteiger partial charge in [0, 0.05) is 16.1 Å². The maximum absolute atomic E-state index is 13.0. The fourth-order valence-electron chi connectivity index (χ4n) is 2.38. The molecule has 0 saturated carbocycles. The molecular weight excluding hydrogens is 811 g/mol. The molecule has 0 bridgehead atoms. The number of carbonyl (C=O) groups excluding carboxylic acids is 2. The van der Waals surface area contributed by atoms with E-state index in [0.29, 0.717) is 27.9 Å². The lowest BCUT2D eigenvalue weighted by atomic mass is 10.1. The summed E-state index contributed by atoms with van der Waals surface area (Å²) in [5.41, 5.74) is 0.217. The van der Waals surface area contributed by atoms with Gasteiger partial charge in [0.2, 0.25) is 0 Å². The summed E-state index contributed by atoms with van der Waals surface area (Å²) in [6.45, 7) is 4.19. The van der Waals surface area contributed by atoms with Crippen molar-refractivity contribution in [3.63, 3.8) is 0 Å². The predicted octanol–water partition coefficient (Wildman–Crippen LogP) is 7.70. The highest BCUT2D eigenvalue weighted by Crippen LogP contribution is 2.56. The van der Waals surface area contributed by atoms with Gasteiger partial charge in [-0.1, -0.05) is 36.9 Å². The SMILES string of the molecule is C=CC(=O)OCCOC(=O)C(C)=C(OP(=O)(O)Oc1c(Br)c(Br)c(Br)c(Br)c1Br)c1ccccc1. The monoisotopic (exact) mass is 822 g/mol. The van der Waals surface area contributed by atoms with Crippen LogP contribution in [0.3, 0.4) is 0 Å². The number of hydrogen-bond acceptors (Lipinski definition) is 7. The summed E-state index contributed by atoms with van der Waals surface area (Å²) in [6.07, 6.45) is 0.979. The Balaban J connectivity index is 2.36. The van der Waals surface area contributed by atoms with Gasteiger partial charge in [-0.25, -0.2) is 14.2 Å². The molecule has 0 aromatic heterocycles. The smallest absolute Gasteiger partial charge is 0.459 e. The van der Waals surface area contributed by atoms with Crippen LogP contribution >= 0.6 is 87.5 Å². The van der Waals surface area contributed by atoms with E-state index >= 15 is 0 Å². The molecule has 0 aliphatic heterocycles. The third-order valence-electron chi connectivity index (χ3n) is 3.99. The average Bonchev–Trinajstić information content (AvgIpc) is 2.85. The number of rotatable bonds is 10. The van der Waals surface area contributed by atoms with Gasteiger partial charge in [0.25, 0.3) is 0 Å². The number of hydrogen-bond donors (Lipinski definition) is 1. The maximum atomic E-state index is 13.0. The summed E-state index contributed by atoms with van der Waals surface area (Å²) in [4.78, 5) is 34.3. The zero-order valence-corrected chi connectivity index (χ0v) is 26.6. The number of ether oxygens (including phenoxy) is 2. The number of esters is 2. The Labute approximate surface area is 243 Å². The largest absolute Gasteiger partial charge is 0.585 e. The highest BCUT2D eigenvalue weighted by Gasteiger charge is 2.33. The van der Waals surface area contributed by atoms with Crippen molar-refractivity contribution >= 4 is 105 Å². The van der Waals surface area contributed by atoms with Crippen LogP contribution in [-0.2, 0) is 28.2 Å². The van der Waals surface area contributed by atoms with Gasteiger partial charge in [0.15, 0.2) is 5.75 Å². The Hall–Kier alpha value is -0.950. The maximum Gasteiger partial charge on any atom is 0.585 e. The summed E-state index contributed by atoms with van der Waals surface area (Å²) in [6, 6.07) is 8.20. The molecule has 1 unspecified atom stereocenters. The minimum absolute atomic E-state index is 0.0329. The van der Waals surface area contributed by atoms with Crippen molar-refractivity contribution in [1.29, 1.82) is 0 Å². The van der Waals surface area contributed by atoms with Crippen LogP contribution in [0.25, 0.3) is 5.76 Å². The summed E-state index contributed by atoms with van der Waals surface area (Å²) in [7, 11) is -4.85. The standard InChI is InChI=1S/C21H16Br5O8P/c1-3-13(27)31-9-10-32-21(28)11(2)19(12-7-5-4-6-8-12)33-35(29,30)34-20-17(25)15(23)14(22)16(24)18(20)26/h3-8H,1,9-10H2,2H3,(H,29,30). The Kier molecular flexibility index (Phi) is 11.7. The van der Waals surface area contributed by atoms with E-state index in [1.807, 2.05) is 0 Å². The van der Waals surface area contributed by atoms with Crippen LogP contribution in [0.1, 0.15) is 12.5 Å². The van der Waals surface area contributed by atoms with Gasteiger partial charge in [-0.2, -0.15) is 0 Å². The molecule has 0 spiro atoms. The molecule has 0 amide bonds. The molecule has 1 atom stereocenters. The topological polar surface area (TPSA) is 108 Å². The normalized spacial score (nSPS) is 13.2. The molecule has 0 radical (unpaired) electrons. The fraction of sp³-hybridized carbons (Fsp3) is 0.143. The van der Waals surface area contributed by atoms with Crippen molar-refractivity contribution in [2.45, 2.75) is 6.92 Å². The summed E-state index contributed by atoms with van der Waals surface area (Å²) in [5.74, 6) is -1.78. The molecule has 188 valence electrons. The van der Waals surface area contributed by atoms with Gasteiger partial charge in [0.1, 0.15) is 19.0 Å². The van der Waals surface area contributed by atoms with E-state index in [4.69, 9.17) is 18.5 Å². The molecule has 2 rings (SSSR count). The minimum Gasteiger partial charge on any atom is -0.459 e. The lowest BCUT2D eigenvalue weighted by molar-refractivity contribution is -0.146. The second kappa shape index (κ2) is 13.6. The number of halogens is 5. The van der Waals surface area contributed by atoms with E-state index in [2.05, 4.69) is 86.2 Å². The first-order chi connectivity index (χ1) is 16.4. The Morgan fingerprint density at radius 2 is 1.46 bits per heavy atom. The summed E-state index contributed by atoms with van der Waals surface area (Å²) < 4.78 is 35.9. The zero-order chi connectivity index (χ0) is 26.3. The lowest BCUT2D eigenvalue weighted by Crippen LogP contribution is -2.15. The average molecular weight is 827 g/mol. The molecule has 1 N–H and O–H groups in total. The third kappa shape index (κ3) is 8.28. The Bertz CT molecular complexity index is 1190. The van der Waals surface area contributed by atoms with Gasteiger partial charge in [-0.3, -0.25) is 4.89 Å². The number of phosphoric ester groups is 1. The minimum atomic E-state index is -4.85. The van der Waals surface area contributed by atoms with Crippen molar-refractivity contribution in [3.8, 4) is 5.75 Å². The van der Waals surface area contributed by atoms with E-state index in [1.54, 1.807) is 30.3 Å². The molecule has 0 aliphatic rings. The van der Waals surface area contributed by atoms with E-state index in [1.165, 1.54) is 6.92 Å². The van der Waals surface area contributed by atoms with Crippen LogP contribution in [0.4, 0.5) is 0 Å². The zero-order valence-electron chi connectivity index (χ0n) is 17.7. The molecule has 8 nitrogen and oxygen atoms in total. The van der Waals surface area contributed by atoms with Crippen LogP contribution in [0.5, 0.6) is 5.75 Å². The lowest BCUT2D eigenvalue weighted by Gasteiger charge is -2.20. The van der Waals surface area contributed by atoms with Gasteiger partial charge >= 0.3 is 19.8 Å². The summed E-state index contributed by atoms with van der Waals surface area (Å²) >= 11 is 16.7. The van der Waals surface area contributed by atoms with Gasteiger partial charge < -0.3 is 18.5 Å². The van der Waals surface area contributed by atoms with Crippen LogP contribution in [0.15, 0.2) is 70.9 Å². The van der Waals surface area contributed by atoms with Crippen molar-refractivity contribution in [2.75, 3.05) is 13.2 Å². The number of benzene rings is 2. The first-order valence-corrected chi connectivity index (χ1v) is 14.8. The van der Waals surface area contributed by atoms with Crippen molar-refractivity contribution < 1.29 is 37.6 Å². The molecule has 0 fully saturated rings. The van der Waals surface area contributed by atoms with Crippen LogP contribution in [0, 0.1) is 0 Å². The molecule has 0 aliphatic carbocycles. The van der Waals surface area contributed by atoms with E-state index in [0.717, 1.165) is 6.08 Å².